The largest absolute Gasteiger partial charge is 0.463 e. The second kappa shape index (κ2) is 7.60. The normalized spacial score (nSPS) is 23.9. The van der Waals surface area contributed by atoms with Crippen LogP contribution in [-0.2, 0) is 9.53 Å². The van der Waals surface area contributed by atoms with E-state index in [1.165, 1.54) is 38.5 Å². The van der Waals surface area contributed by atoms with Crippen LogP contribution in [0.1, 0.15) is 51.4 Å². The highest BCUT2D eigenvalue weighted by atomic mass is 16.5. The van der Waals surface area contributed by atoms with Crippen LogP contribution >= 0.6 is 0 Å². The second-order valence-corrected chi connectivity index (χ2v) is 3.83. The molecule has 0 bridgehead atoms. The molecule has 0 aromatic rings. The molecule has 0 N–H and O–H groups in total. The number of cyclic esters (lactones) is 1. The van der Waals surface area contributed by atoms with Gasteiger partial charge in [0.05, 0.1) is 6.61 Å². The van der Waals surface area contributed by atoms with Gasteiger partial charge in [-0.2, -0.15) is 0 Å². The molecule has 1 aliphatic rings. The Labute approximate surface area is 86.3 Å². The lowest BCUT2D eigenvalue weighted by molar-refractivity contribution is -0.137. The number of hydrogen-bond acceptors (Lipinski definition) is 2. The molecule has 14 heavy (non-hydrogen) atoms. The lowest BCUT2D eigenvalue weighted by Gasteiger charge is -2.01. The summed E-state index contributed by atoms with van der Waals surface area (Å²) in [5.41, 5.74) is 0. The van der Waals surface area contributed by atoms with Gasteiger partial charge in [0.25, 0.3) is 0 Å². The van der Waals surface area contributed by atoms with Crippen LogP contribution in [0.2, 0.25) is 0 Å². The van der Waals surface area contributed by atoms with Gasteiger partial charge in [-0.15, -0.1) is 0 Å². The van der Waals surface area contributed by atoms with Crippen molar-refractivity contribution in [3.63, 3.8) is 0 Å². The van der Waals surface area contributed by atoms with Gasteiger partial charge in [-0.3, -0.25) is 0 Å². The Morgan fingerprint density at radius 2 is 1.57 bits per heavy atom. The average Bonchev–Trinajstić information content (AvgIpc) is 2.20. The van der Waals surface area contributed by atoms with Crippen molar-refractivity contribution in [2.45, 2.75) is 51.4 Å². The topological polar surface area (TPSA) is 26.3 Å². The minimum Gasteiger partial charge on any atom is -0.463 e. The van der Waals surface area contributed by atoms with E-state index in [-0.39, 0.29) is 5.97 Å². The molecule has 1 heterocycles. The first-order chi connectivity index (χ1) is 6.89. The zero-order valence-electron chi connectivity index (χ0n) is 8.84. The summed E-state index contributed by atoms with van der Waals surface area (Å²) in [6, 6.07) is 0. The number of carbonyl (C=O) groups excluding carboxylic acids is 1. The Hall–Kier alpha value is -0.790. The van der Waals surface area contributed by atoms with Crippen LogP contribution in [0.5, 0.6) is 0 Å². The molecule has 0 fully saturated rings. The number of allylic oxidation sites excluding steroid dienone is 1. The van der Waals surface area contributed by atoms with Crippen molar-refractivity contribution in [1.29, 1.82) is 0 Å². The monoisotopic (exact) mass is 196 g/mol. The van der Waals surface area contributed by atoms with Gasteiger partial charge in [-0.25, -0.2) is 4.79 Å². The first kappa shape index (κ1) is 11.3. The molecule has 0 aliphatic carbocycles. The number of rotatable bonds is 0. The molecule has 0 saturated heterocycles. The van der Waals surface area contributed by atoms with Gasteiger partial charge in [0, 0.05) is 6.08 Å². The molecule has 2 nitrogen and oxygen atoms in total. The minimum atomic E-state index is -0.177. The van der Waals surface area contributed by atoms with E-state index in [1.807, 2.05) is 6.08 Å². The first-order valence-corrected chi connectivity index (χ1v) is 5.73. The average molecular weight is 196 g/mol. The molecule has 0 radical (unpaired) electrons. The number of hydrogen-bond donors (Lipinski definition) is 0. The lowest BCUT2D eigenvalue weighted by atomic mass is 10.1. The van der Waals surface area contributed by atoms with Crippen molar-refractivity contribution in [1.82, 2.24) is 0 Å². The Bertz CT molecular complexity index is 185. The van der Waals surface area contributed by atoms with E-state index in [0.717, 1.165) is 12.8 Å². The third kappa shape index (κ3) is 5.79. The Morgan fingerprint density at radius 3 is 2.36 bits per heavy atom. The Morgan fingerprint density at radius 1 is 0.929 bits per heavy atom. The maximum atomic E-state index is 11.1. The van der Waals surface area contributed by atoms with E-state index in [1.54, 1.807) is 6.08 Å². The van der Waals surface area contributed by atoms with E-state index in [4.69, 9.17) is 4.74 Å². The minimum absolute atomic E-state index is 0.177. The number of esters is 1. The van der Waals surface area contributed by atoms with Gasteiger partial charge in [-0.1, -0.05) is 38.2 Å². The lowest BCUT2D eigenvalue weighted by Crippen LogP contribution is -2.01. The summed E-state index contributed by atoms with van der Waals surface area (Å²) in [5.74, 6) is -0.177. The van der Waals surface area contributed by atoms with E-state index in [2.05, 4.69) is 0 Å². The van der Waals surface area contributed by atoms with Crippen molar-refractivity contribution in [2.75, 3.05) is 6.61 Å². The standard InChI is InChI=1S/C12H20O2/c13-12-10-8-6-4-2-1-3-5-7-9-11-14-12/h8,10H,1-7,9,11H2/b10-8-. The molecule has 0 saturated carbocycles. The molecule has 0 spiro atoms. The second-order valence-electron chi connectivity index (χ2n) is 3.83. The summed E-state index contributed by atoms with van der Waals surface area (Å²) < 4.78 is 5.03. The molecule has 0 atom stereocenters. The molecule has 0 aromatic carbocycles. The number of carbonyl (C=O) groups is 1. The van der Waals surface area contributed by atoms with Gasteiger partial charge < -0.3 is 4.74 Å². The molecular weight excluding hydrogens is 176 g/mol. The van der Waals surface area contributed by atoms with Crippen LogP contribution in [0, 0.1) is 0 Å². The van der Waals surface area contributed by atoms with Crippen molar-refractivity contribution in [2.24, 2.45) is 0 Å². The van der Waals surface area contributed by atoms with Crippen LogP contribution in [0.3, 0.4) is 0 Å². The molecule has 80 valence electrons. The van der Waals surface area contributed by atoms with Crippen molar-refractivity contribution in [3.8, 4) is 0 Å². The highest BCUT2D eigenvalue weighted by molar-refractivity contribution is 5.81. The molecule has 0 amide bonds. The highest BCUT2D eigenvalue weighted by Gasteiger charge is 1.98. The highest BCUT2D eigenvalue weighted by Crippen LogP contribution is 2.09. The fourth-order valence-corrected chi connectivity index (χ4v) is 1.65. The predicted molar refractivity (Wildman–Crippen MR) is 57.0 cm³/mol. The van der Waals surface area contributed by atoms with Crippen molar-refractivity contribution in [3.05, 3.63) is 12.2 Å². The van der Waals surface area contributed by atoms with Crippen LogP contribution in [0.25, 0.3) is 0 Å². The predicted octanol–water partition coefficient (Wildman–Crippen LogP) is 3.22. The van der Waals surface area contributed by atoms with Gasteiger partial charge in [0.1, 0.15) is 0 Å². The zero-order chi connectivity index (χ0) is 10.1. The molecule has 2 heteroatoms. The van der Waals surface area contributed by atoms with Crippen molar-refractivity contribution < 1.29 is 9.53 Å². The summed E-state index contributed by atoms with van der Waals surface area (Å²) in [7, 11) is 0. The van der Waals surface area contributed by atoms with Gasteiger partial charge in [0.15, 0.2) is 0 Å². The Balaban J connectivity index is 2.24. The van der Waals surface area contributed by atoms with Crippen LogP contribution in [0.15, 0.2) is 12.2 Å². The van der Waals surface area contributed by atoms with Gasteiger partial charge in [-0.05, 0) is 19.3 Å². The van der Waals surface area contributed by atoms with Crippen LogP contribution in [-0.4, -0.2) is 12.6 Å². The summed E-state index contributed by atoms with van der Waals surface area (Å²) in [6.07, 6.45) is 13.2. The molecule has 0 unspecified atom stereocenters. The smallest absolute Gasteiger partial charge is 0.330 e. The fourth-order valence-electron chi connectivity index (χ4n) is 1.65. The van der Waals surface area contributed by atoms with Gasteiger partial charge in [0.2, 0.25) is 0 Å². The van der Waals surface area contributed by atoms with Gasteiger partial charge >= 0.3 is 5.97 Å². The van der Waals surface area contributed by atoms with E-state index in [0.29, 0.717) is 6.61 Å². The summed E-state index contributed by atoms with van der Waals surface area (Å²) in [6.45, 7) is 0.586. The van der Waals surface area contributed by atoms with Crippen LogP contribution < -0.4 is 0 Å². The van der Waals surface area contributed by atoms with Crippen molar-refractivity contribution >= 4 is 5.97 Å². The van der Waals surface area contributed by atoms with E-state index >= 15 is 0 Å². The summed E-state index contributed by atoms with van der Waals surface area (Å²) >= 11 is 0. The molecule has 0 aromatic heterocycles. The van der Waals surface area contributed by atoms with E-state index in [9.17, 15) is 4.79 Å². The molecule has 1 aliphatic heterocycles. The van der Waals surface area contributed by atoms with Crippen LogP contribution in [0.4, 0.5) is 0 Å². The molecular formula is C12H20O2. The Kier molecular flexibility index (Phi) is 6.13. The number of ether oxygens (including phenoxy) is 1. The van der Waals surface area contributed by atoms with E-state index < -0.39 is 0 Å². The third-order valence-corrected chi connectivity index (χ3v) is 2.51. The summed E-state index contributed by atoms with van der Waals surface area (Å²) in [5, 5.41) is 0. The maximum Gasteiger partial charge on any atom is 0.330 e. The summed E-state index contributed by atoms with van der Waals surface area (Å²) in [4.78, 5) is 11.1. The fraction of sp³-hybridized carbons (Fsp3) is 0.750. The third-order valence-electron chi connectivity index (χ3n) is 2.51. The quantitative estimate of drug-likeness (QED) is 0.556. The zero-order valence-corrected chi connectivity index (χ0v) is 8.84. The molecule has 1 rings (SSSR count). The maximum absolute atomic E-state index is 11.1. The SMILES string of the molecule is O=C1/C=C\CCCCCCCCCO1. The first-order valence-electron chi connectivity index (χ1n) is 5.73.